The van der Waals surface area contributed by atoms with Crippen molar-refractivity contribution in [2.24, 2.45) is 5.41 Å². The van der Waals surface area contributed by atoms with E-state index in [1.165, 1.54) is 32.4 Å². The maximum atomic E-state index is 5.64. The number of nitrogens with zero attached hydrogens (tertiary/aromatic N) is 2. The molecule has 3 nitrogen and oxygen atoms in total. The molecule has 1 fully saturated rings. The zero-order chi connectivity index (χ0) is 12.3. The Morgan fingerprint density at radius 1 is 1.41 bits per heavy atom. The minimum absolute atomic E-state index is 0.528. The van der Waals surface area contributed by atoms with E-state index in [0.717, 1.165) is 18.7 Å². The topological polar surface area (TPSA) is 42.1 Å². The predicted molar refractivity (Wildman–Crippen MR) is 74.3 cm³/mol. The monoisotopic (exact) mass is 253 g/mol. The Balaban J connectivity index is 1.79. The molecule has 1 aliphatic rings. The van der Waals surface area contributed by atoms with Crippen molar-refractivity contribution >= 4 is 16.5 Å². The van der Waals surface area contributed by atoms with Crippen LogP contribution in [0, 0.1) is 5.41 Å². The normalized spacial score (nSPS) is 21.3. The molecular weight excluding hydrogens is 230 g/mol. The summed E-state index contributed by atoms with van der Waals surface area (Å²) in [5.41, 5.74) is 7.32. The van der Waals surface area contributed by atoms with E-state index >= 15 is 0 Å². The van der Waals surface area contributed by atoms with E-state index in [2.05, 4.69) is 29.1 Å². The van der Waals surface area contributed by atoms with Crippen LogP contribution in [0.25, 0.3) is 0 Å². The Kier molecular flexibility index (Phi) is 4.05. The first-order valence-corrected chi connectivity index (χ1v) is 7.35. The third-order valence-corrected chi connectivity index (χ3v) is 4.41. The minimum atomic E-state index is 0.528. The number of hydrogen-bond acceptors (Lipinski definition) is 4. The van der Waals surface area contributed by atoms with E-state index < -0.39 is 0 Å². The summed E-state index contributed by atoms with van der Waals surface area (Å²) in [7, 11) is 0. The summed E-state index contributed by atoms with van der Waals surface area (Å²) in [6, 6.07) is 0. The number of rotatable bonds is 3. The second-order valence-electron chi connectivity index (χ2n) is 5.79. The molecule has 2 heterocycles. The quantitative estimate of drug-likeness (QED) is 0.900. The van der Waals surface area contributed by atoms with E-state index in [1.807, 2.05) is 0 Å². The fourth-order valence-corrected chi connectivity index (χ4v) is 3.01. The lowest BCUT2D eigenvalue weighted by Gasteiger charge is -2.23. The second-order valence-corrected chi connectivity index (χ2v) is 6.68. The first-order valence-electron chi connectivity index (χ1n) is 6.47. The Morgan fingerprint density at radius 2 is 2.24 bits per heavy atom. The molecule has 1 aromatic rings. The average Bonchev–Trinajstić information content (AvgIpc) is 2.59. The van der Waals surface area contributed by atoms with Gasteiger partial charge in [-0.15, -0.1) is 11.3 Å². The minimum Gasteiger partial charge on any atom is -0.375 e. The van der Waals surface area contributed by atoms with Crippen LogP contribution in [0.15, 0.2) is 5.38 Å². The number of nitrogen functional groups attached to an aromatic ring is 1. The van der Waals surface area contributed by atoms with Crippen LogP contribution in [-0.4, -0.2) is 29.5 Å². The van der Waals surface area contributed by atoms with Crippen molar-refractivity contribution in [1.82, 2.24) is 9.88 Å². The summed E-state index contributed by atoms with van der Waals surface area (Å²) in [6.45, 7) is 8.37. The molecule has 0 bridgehead atoms. The van der Waals surface area contributed by atoms with E-state index in [4.69, 9.17) is 5.73 Å². The summed E-state index contributed by atoms with van der Waals surface area (Å²) in [4.78, 5) is 6.89. The van der Waals surface area contributed by atoms with Gasteiger partial charge in [0.25, 0.3) is 0 Å². The molecule has 1 aromatic heterocycles. The van der Waals surface area contributed by atoms with Gasteiger partial charge in [-0.1, -0.05) is 13.8 Å². The zero-order valence-electron chi connectivity index (χ0n) is 10.9. The average molecular weight is 253 g/mol. The lowest BCUT2D eigenvalue weighted by molar-refractivity contribution is 0.264. The summed E-state index contributed by atoms with van der Waals surface area (Å²) in [6.07, 6.45) is 5.03. The van der Waals surface area contributed by atoms with Gasteiger partial charge in [-0.2, -0.15) is 0 Å². The Morgan fingerprint density at radius 3 is 2.94 bits per heavy atom. The molecule has 4 heteroatoms. The van der Waals surface area contributed by atoms with Crippen LogP contribution in [0.3, 0.4) is 0 Å². The number of likely N-dealkylation sites (tertiary alicyclic amines) is 1. The molecule has 2 rings (SSSR count). The third-order valence-electron chi connectivity index (χ3n) is 3.69. The van der Waals surface area contributed by atoms with E-state index in [9.17, 15) is 0 Å². The highest BCUT2D eigenvalue weighted by Crippen LogP contribution is 2.29. The SMILES string of the molecule is CC1(C)CCCN(CCc2csc(N)n2)CC1. The van der Waals surface area contributed by atoms with Crippen molar-refractivity contribution in [2.75, 3.05) is 25.4 Å². The molecule has 1 saturated heterocycles. The highest BCUT2D eigenvalue weighted by molar-refractivity contribution is 7.13. The molecule has 0 unspecified atom stereocenters. The molecule has 0 aliphatic carbocycles. The molecule has 17 heavy (non-hydrogen) atoms. The van der Waals surface area contributed by atoms with E-state index in [1.54, 1.807) is 11.3 Å². The molecular formula is C13H23N3S. The van der Waals surface area contributed by atoms with Gasteiger partial charge in [0.15, 0.2) is 5.13 Å². The van der Waals surface area contributed by atoms with Gasteiger partial charge in [-0.25, -0.2) is 4.98 Å². The van der Waals surface area contributed by atoms with Crippen molar-refractivity contribution in [1.29, 1.82) is 0 Å². The van der Waals surface area contributed by atoms with Gasteiger partial charge in [0, 0.05) is 18.3 Å². The molecule has 2 N–H and O–H groups in total. The smallest absolute Gasteiger partial charge is 0.180 e. The standard InChI is InChI=1S/C13H23N3S/c1-13(2)5-3-7-16(9-6-13)8-4-11-10-17-12(14)15-11/h10H,3-9H2,1-2H3,(H2,14,15). The van der Waals surface area contributed by atoms with Crippen LogP contribution in [-0.2, 0) is 6.42 Å². The summed E-state index contributed by atoms with van der Waals surface area (Å²) >= 11 is 1.54. The predicted octanol–water partition coefficient (Wildman–Crippen LogP) is 2.78. The summed E-state index contributed by atoms with van der Waals surface area (Å²) < 4.78 is 0. The van der Waals surface area contributed by atoms with Crippen LogP contribution >= 0.6 is 11.3 Å². The molecule has 0 spiro atoms. The lowest BCUT2D eigenvalue weighted by Crippen LogP contribution is -2.27. The second kappa shape index (κ2) is 5.36. The number of aromatic nitrogens is 1. The molecule has 1 aliphatic heterocycles. The molecule has 0 amide bonds. The molecule has 0 atom stereocenters. The molecule has 0 radical (unpaired) electrons. The van der Waals surface area contributed by atoms with Crippen molar-refractivity contribution in [3.63, 3.8) is 0 Å². The first-order chi connectivity index (χ1) is 8.05. The van der Waals surface area contributed by atoms with Gasteiger partial charge >= 0.3 is 0 Å². The van der Waals surface area contributed by atoms with Crippen molar-refractivity contribution in [3.8, 4) is 0 Å². The largest absolute Gasteiger partial charge is 0.375 e. The Bertz CT molecular complexity index is 359. The van der Waals surface area contributed by atoms with Gasteiger partial charge in [-0.3, -0.25) is 0 Å². The van der Waals surface area contributed by atoms with Crippen molar-refractivity contribution < 1.29 is 0 Å². The Labute approximate surface area is 108 Å². The zero-order valence-corrected chi connectivity index (χ0v) is 11.7. The van der Waals surface area contributed by atoms with Crippen molar-refractivity contribution in [3.05, 3.63) is 11.1 Å². The fraction of sp³-hybridized carbons (Fsp3) is 0.769. The highest BCUT2D eigenvalue weighted by atomic mass is 32.1. The molecule has 0 saturated carbocycles. The number of hydrogen-bond donors (Lipinski definition) is 1. The van der Waals surface area contributed by atoms with Crippen LogP contribution in [0.1, 0.15) is 38.8 Å². The maximum Gasteiger partial charge on any atom is 0.180 e. The van der Waals surface area contributed by atoms with Crippen molar-refractivity contribution in [2.45, 2.75) is 39.5 Å². The van der Waals surface area contributed by atoms with Gasteiger partial charge in [-0.05, 0) is 37.8 Å². The van der Waals surface area contributed by atoms with E-state index in [0.29, 0.717) is 10.5 Å². The molecule has 96 valence electrons. The molecule has 0 aromatic carbocycles. The summed E-state index contributed by atoms with van der Waals surface area (Å²) in [5.74, 6) is 0. The van der Waals surface area contributed by atoms with E-state index in [-0.39, 0.29) is 0 Å². The van der Waals surface area contributed by atoms with Crippen LogP contribution in [0.2, 0.25) is 0 Å². The number of anilines is 1. The Hall–Kier alpha value is -0.610. The highest BCUT2D eigenvalue weighted by Gasteiger charge is 2.22. The lowest BCUT2D eigenvalue weighted by atomic mass is 9.85. The van der Waals surface area contributed by atoms with Gasteiger partial charge < -0.3 is 10.6 Å². The first kappa shape index (κ1) is 12.8. The van der Waals surface area contributed by atoms with Gasteiger partial charge in [0.1, 0.15) is 0 Å². The number of nitrogens with two attached hydrogens (primary N) is 1. The van der Waals surface area contributed by atoms with Gasteiger partial charge in [0.2, 0.25) is 0 Å². The van der Waals surface area contributed by atoms with Crippen LogP contribution in [0.5, 0.6) is 0 Å². The summed E-state index contributed by atoms with van der Waals surface area (Å²) in [5, 5.41) is 2.77. The maximum absolute atomic E-state index is 5.64. The van der Waals surface area contributed by atoms with Crippen LogP contribution < -0.4 is 5.73 Å². The van der Waals surface area contributed by atoms with Crippen LogP contribution in [0.4, 0.5) is 5.13 Å². The van der Waals surface area contributed by atoms with Gasteiger partial charge in [0.05, 0.1) is 5.69 Å². The number of thiazole rings is 1. The third kappa shape index (κ3) is 3.96. The fourth-order valence-electron chi connectivity index (χ4n) is 2.41.